The molecule has 0 aromatic heterocycles. The number of rotatable bonds is 3. The van der Waals surface area contributed by atoms with Crippen LogP contribution in [0.3, 0.4) is 0 Å². The number of nitrogens with two attached hydrogens (primary N) is 1. The first kappa shape index (κ1) is 11.9. The van der Waals surface area contributed by atoms with Crippen LogP contribution in [-0.4, -0.2) is 49.2 Å². The van der Waals surface area contributed by atoms with Gasteiger partial charge in [-0.3, -0.25) is 15.0 Å². The van der Waals surface area contributed by atoms with E-state index < -0.39 is 6.03 Å². The highest BCUT2D eigenvalue weighted by molar-refractivity contribution is 5.93. The first-order valence-corrected chi connectivity index (χ1v) is 5.01. The number of nitrogens with zero attached hydrogens (tertiary/aromatic N) is 1. The predicted molar refractivity (Wildman–Crippen MR) is 54.2 cm³/mol. The molecule has 15 heavy (non-hydrogen) atoms. The Hall–Kier alpha value is -1.14. The van der Waals surface area contributed by atoms with Crippen molar-refractivity contribution in [2.45, 2.75) is 19.4 Å². The van der Waals surface area contributed by atoms with Gasteiger partial charge in [-0.15, -0.1) is 0 Å². The lowest BCUT2D eigenvalue weighted by Crippen LogP contribution is -2.43. The molecule has 0 radical (unpaired) electrons. The highest BCUT2D eigenvalue weighted by Crippen LogP contribution is 2.04. The summed E-state index contributed by atoms with van der Waals surface area (Å²) in [5.74, 6) is -0.332. The quantitative estimate of drug-likeness (QED) is 0.651. The minimum absolute atomic E-state index is 0.206. The van der Waals surface area contributed by atoms with Crippen LogP contribution in [0.1, 0.15) is 13.3 Å². The Morgan fingerprint density at radius 3 is 2.93 bits per heavy atom. The fraction of sp³-hybridized carbons (Fsp3) is 0.778. The van der Waals surface area contributed by atoms with E-state index in [1.165, 1.54) is 0 Å². The Bertz CT molecular complexity index is 245. The molecule has 1 atom stereocenters. The Balaban J connectivity index is 2.18. The molecule has 1 aliphatic heterocycles. The molecule has 3 N–H and O–H groups in total. The molecule has 0 spiro atoms. The van der Waals surface area contributed by atoms with E-state index in [2.05, 4.69) is 4.90 Å². The van der Waals surface area contributed by atoms with E-state index in [0.717, 1.165) is 13.1 Å². The number of hydrogen-bond donors (Lipinski definition) is 2. The number of ether oxygens (including phenoxy) is 1. The predicted octanol–water partition coefficient (Wildman–Crippen LogP) is -0.708. The van der Waals surface area contributed by atoms with E-state index in [1.807, 2.05) is 12.2 Å². The van der Waals surface area contributed by atoms with Gasteiger partial charge in [0.05, 0.1) is 12.7 Å². The third-order valence-corrected chi connectivity index (χ3v) is 2.24. The number of nitrogens with one attached hydrogen (secondary N) is 1. The fourth-order valence-corrected chi connectivity index (χ4v) is 1.55. The van der Waals surface area contributed by atoms with Gasteiger partial charge in [-0.25, -0.2) is 4.79 Å². The summed E-state index contributed by atoms with van der Waals surface area (Å²) in [5, 5.41) is 2.04. The van der Waals surface area contributed by atoms with E-state index in [1.54, 1.807) is 0 Å². The lowest BCUT2D eigenvalue weighted by Gasteiger charge is -2.30. The lowest BCUT2D eigenvalue weighted by molar-refractivity contribution is -0.120. The van der Waals surface area contributed by atoms with Crippen molar-refractivity contribution in [2.24, 2.45) is 5.73 Å². The van der Waals surface area contributed by atoms with Gasteiger partial charge in [0.25, 0.3) is 0 Å². The third-order valence-electron chi connectivity index (χ3n) is 2.24. The number of primary amides is 1. The normalized spacial score (nSPS) is 22.3. The Labute approximate surface area is 88.7 Å². The van der Waals surface area contributed by atoms with Gasteiger partial charge in [0.2, 0.25) is 5.91 Å². The highest BCUT2D eigenvalue weighted by Gasteiger charge is 2.17. The summed E-state index contributed by atoms with van der Waals surface area (Å²) in [6, 6.07) is -0.796. The van der Waals surface area contributed by atoms with Crippen LogP contribution in [0.5, 0.6) is 0 Å². The van der Waals surface area contributed by atoms with E-state index in [9.17, 15) is 9.59 Å². The summed E-state index contributed by atoms with van der Waals surface area (Å²) in [4.78, 5) is 23.6. The molecule has 6 nitrogen and oxygen atoms in total. The molecule has 1 heterocycles. The lowest BCUT2D eigenvalue weighted by atomic mass is 10.2. The fourth-order valence-electron chi connectivity index (χ4n) is 1.55. The first-order chi connectivity index (χ1) is 7.08. The van der Waals surface area contributed by atoms with Crippen molar-refractivity contribution in [2.75, 3.05) is 26.2 Å². The number of hydrogen-bond acceptors (Lipinski definition) is 4. The van der Waals surface area contributed by atoms with Gasteiger partial charge in [-0.05, 0) is 6.92 Å². The molecule has 1 unspecified atom stereocenters. The van der Waals surface area contributed by atoms with Gasteiger partial charge >= 0.3 is 6.03 Å². The van der Waals surface area contributed by atoms with Crippen LogP contribution in [0.2, 0.25) is 0 Å². The van der Waals surface area contributed by atoms with Gasteiger partial charge in [-0.1, -0.05) is 0 Å². The maximum Gasteiger partial charge on any atom is 0.318 e. The molecule has 0 saturated carbocycles. The van der Waals surface area contributed by atoms with Crippen molar-refractivity contribution in [3.05, 3.63) is 0 Å². The molecule has 0 aromatic carbocycles. The average Bonchev–Trinajstić information content (AvgIpc) is 2.14. The van der Waals surface area contributed by atoms with E-state index >= 15 is 0 Å². The molecule has 6 heteroatoms. The first-order valence-electron chi connectivity index (χ1n) is 5.01. The molecule has 0 aromatic rings. The minimum atomic E-state index is -0.796. The molecule has 1 fully saturated rings. The Morgan fingerprint density at radius 1 is 1.60 bits per heavy atom. The van der Waals surface area contributed by atoms with Crippen LogP contribution in [0.15, 0.2) is 0 Å². The average molecular weight is 215 g/mol. The summed E-state index contributed by atoms with van der Waals surface area (Å²) in [6.07, 6.45) is 0.494. The van der Waals surface area contributed by atoms with Gasteiger partial charge in [0, 0.05) is 26.1 Å². The molecule has 3 amide bonds. The van der Waals surface area contributed by atoms with Gasteiger partial charge < -0.3 is 10.5 Å². The zero-order valence-electron chi connectivity index (χ0n) is 8.86. The molecule has 0 bridgehead atoms. The number of carbonyl (C=O) groups is 2. The number of imide groups is 1. The maximum absolute atomic E-state index is 11.1. The third kappa shape index (κ3) is 4.75. The van der Waals surface area contributed by atoms with Crippen molar-refractivity contribution in [3.63, 3.8) is 0 Å². The smallest absolute Gasteiger partial charge is 0.318 e. The van der Waals surface area contributed by atoms with E-state index in [0.29, 0.717) is 13.2 Å². The number of carbonyl (C=O) groups excluding carboxylic acids is 2. The van der Waals surface area contributed by atoms with Crippen LogP contribution in [0.25, 0.3) is 0 Å². The zero-order valence-corrected chi connectivity index (χ0v) is 8.86. The number of amides is 3. The molecule has 0 aliphatic carbocycles. The van der Waals surface area contributed by atoms with Crippen LogP contribution in [0, 0.1) is 0 Å². The number of morpholine rings is 1. The second kappa shape index (κ2) is 5.67. The SMILES string of the molecule is CC1CN(CCC(=O)NC(N)=O)CCO1. The maximum atomic E-state index is 11.1. The summed E-state index contributed by atoms with van der Waals surface area (Å²) < 4.78 is 5.36. The highest BCUT2D eigenvalue weighted by atomic mass is 16.5. The largest absolute Gasteiger partial charge is 0.376 e. The van der Waals surface area contributed by atoms with Crippen LogP contribution < -0.4 is 11.1 Å². The van der Waals surface area contributed by atoms with Crippen molar-refractivity contribution in [1.29, 1.82) is 0 Å². The molecular formula is C9H17N3O3. The molecule has 1 aliphatic rings. The topological polar surface area (TPSA) is 84.7 Å². The second-order valence-electron chi connectivity index (χ2n) is 3.64. The summed E-state index contributed by atoms with van der Waals surface area (Å²) in [6.45, 7) is 4.97. The molecule has 1 rings (SSSR count). The standard InChI is InChI=1S/C9H17N3O3/c1-7-6-12(4-5-15-7)3-2-8(13)11-9(10)14/h7H,2-6H2,1H3,(H3,10,11,13,14). The molecular weight excluding hydrogens is 198 g/mol. The van der Waals surface area contributed by atoms with Crippen molar-refractivity contribution in [3.8, 4) is 0 Å². The van der Waals surface area contributed by atoms with Gasteiger partial charge in [-0.2, -0.15) is 0 Å². The monoisotopic (exact) mass is 215 g/mol. The van der Waals surface area contributed by atoms with Crippen LogP contribution in [-0.2, 0) is 9.53 Å². The summed E-state index contributed by atoms with van der Waals surface area (Å²) in [7, 11) is 0. The van der Waals surface area contributed by atoms with Gasteiger partial charge in [0.1, 0.15) is 0 Å². The van der Waals surface area contributed by atoms with Crippen molar-refractivity contribution >= 4 is 11.9 Å². The van der Waals surface area contributed by atoms with Crippen LogP contribution in [0.4, 0.5) is 4.79 Å². The summed E-state index contributed by atoms with van der Waals surface area (Å²) in [5.41, 5.74) is 4.82. The van der Waals surface area contributed by atoms with E-state index in [-0.39, 0.29) is 18.4 Å². The van der Waals surface area contributed by atoms with Crippen molar-refractivity contribution in [1.82, 2.24) is 10.2 Å². The van der Waals surface area contributed by atoms with Crippen molar-refractivity contribution < 1.29 is 14.3 Å². The Morgan fingerprint density at radius 2 is 2.33 bits per heavy atom. The minimum Gasteiger partial charge on any atom is -0.376 e. The number of urea groups is 1. The summed E-state index contributed by atoms with van der Waals surface area (Å²) >= 11 is 0. The van der Waals surface area contributed by atoms with Gasteiger partial charge in [0.15, 0.2) is 0 Å². The zero-order chi connectivity index (χ0) is 11.3. The van der Waals surface area contributed by atoms with E-state index in [4.69, 9.17) is 10.5 Å². The van der Waals surface area contributed by atoms with Crippen LogP contribution >= 0.6 is 0 Å². The Kier molecular flexibility index (Phi) is 4.51. The second-order valence-corrected chi connectivity index (χ2v) is 3.64. The molecule has 86 valence electrons. The molecule has 1 saturated heterocycles.